The average Bonchev–Trinajstić information content (AvgIpc) is 2.36. The van der Waals surface area contributed by atoms with Crippen molar-refractivity contribution >= 4 is 23.0 Å². The molecule has 0 unspecified atom stereocenters. The van der Waals surface area contributed by atoms with Gasteiger partial charge in [0, 0.05) is 12.6 Å². The lowest BCUT2D eigenvalue weighted by Crippen LogP contribution is -2.19. The zero-order valence-corrected chi connectivity index (χ0v) is 8.86. The molecule has 0 saturated heterocycles. The number of benzene rings is 2. The molecule has 16 heavy (non-hydrogen) atoms. The first-order valence-electron chi connectivity index (χ1n) is 4.96. The van der Waals surface area contributed by atoms with Crippen LogP contribution in [0.5, 0.6) is 0 Å². The zero-order valence-electron chi connectivity index (χ0n) is 8.86. The van der Waals surface area contributed by atoms with Gasteiger partial charge in [-0.25, -0.2) is 0 Å². The molecule has 3 nitrogen and oxygen atoms in total. The maximum Gasteiger partial charge on any atom is 0.251 e. The van der Waals surface area contributed by atoms with Gasteiger partial charge < -0.3 is 5.32 Å². The lowest BCUT2D eigenvalue weighted by molar-refractivity contribution is 0.0957. The Hall–Kier alpha value is -2.16. The fourth-order valence-electron chi connectivity index (χ4n) is 1.69. The highest BCUT2D eigenvalue weighted by Gasteiger charge is 2.10. The van der Waals surface area contributed by atoms with Crippen LogP contribution >= 0.6 is 0 Å². The number of rotatable bonds is 2. The van der Waals surface area contributed by atoms with Crippen LogP contribution < -0.4 is 5.32 Å². The third kappa shape index (κ3) is 1.67. The van der Waals surface area contributed by atoms with Gasteiger partial charge in [-0.05, 0) is 22.9 Å². The molecule has 0 aliphatic carbocycles. The third-order valence-electron chi connectivity index (χ3n) is 2.52. The van der Waals surface area contributed by atoms with Crippen LogP contribution in [0.1, 0.15) is 20.7 Å². The summed E-state index contributed by atoms with van der Waals surface area (Å²) in [5, 5.41) is 4.43. The molecule has 80 valence electrons. The Labute approximate surface area is 93.1 Å². The van der Waals surface area contributed by atoms with Crippen molar-refractivity contribution in [1.29, 1.82) is 0 Å². The van der Waals surface area contributed by atoms with Crippen LogP contribution in [0.4, 0.5) is 0 Å². The highest BCUT2D eigenvalue weighted by Crippen LogP contribution is 2.19. The van der Waals surface area contributed by atoms with E-state index in [0.717, 1.165) is 10.8 Å². The lowest BCUT2D eigenvalue weighted by atomic mass is 10.0. The molecular formula is C13H11NO2. The molecule has 1 amide bonds. The van der Waals surface area contributed by atoms with Crippen LogP contribution in [0.3, 0.4) is 0 Å². The molecule has 1 N–H and O–H groups in total. The van der Waals surface area contributed by atoms with Crippen LogP contribution in [-0.2, 0) is 0 Å². The molecule has 0 radical (unpaired) electrons. The first-order valence-corrected chi connectivity index (χ1v) is 4.96. The molecular weight excluding hydrogens is 202 g/mol. The standard InChI is InChI=1S/C13H11NO2/c1-14-13(16)12-7-10-5-3-2-4-9(10)6-11(12)8-15/h2-8H,1H3,(H,14,16). The molecule has 0 atom stereocenters. The summed E-state index contributed by atoms with van der Waals surface area (Å²) in [6.07, 6.45) is 0.705. The minimum Gasteiger partial charge on any atom is -0.355 e. The van der Waals surface area contributed by atoms with E-state index in [2.05, 4.69) is 5.32 Å². The van der Waals surface area contributed by atoms with Crippen molar-refractivity contribution in [3.8, 4) is 0 Å². The monoisotopic (exact) mass is 213 g/mol. The molecule has 0 saturated carbocycles. The predicted octanol–water partition coefficient (Wildman–Crippen LogP) is 2.01. The van der Waals surface area contributed by atoms with E-state index in [1.54, 1.807) is 19.2 Å². The van der Waals surface area contributed by atoms with Crippen LogP contribution in [0, 0.1) is 0 Å². The predicted molar refractivity (Wildman–Crippen MR) is 62.7 cm³/mol. The van der Waals surface area contributed by atoms with Gasteiger partial charge in [-0.15, -0.1) is 0 Å². The van der Waals surface area contributed by atoms with Crippen molar-refractivity contribution in [2.75, 3.05) is 7.05 Å². The number of hydrogen-bond donors (Lipinski definition) is 1. The fourth-order valence-corrected chi connectivity index (χ4v) is 1.69. The Morgan fingerprint density at radius 2 is 1.81 bits per heavy atom. The summed E-state index contributed by atoms with van der Waals surface area (Å²) in [6.45, 7) is 0. The van der Waals surface area contributed by atoms with Gasteiger partial charge in [-0.3, -0.25) is 9.59 Å². The van der Waals surface area contributed by atoms with Crippen LogP contribution in [0.2, 0.25) is 0 Å². The van der Waals surface area contributed by atoms with E-state index in [1.165, 1.54) is 0 Å². The zero-order chi connectivity index (χ0) is 11.5. The summed E-state index contributed by atoms with van der Waals surface area (Å²) < 4.78 is 0. The Kier molecular flexibility index (Phi) is 2.68. The highest BCUT2D eigenvalue weighted by molar-refractivity contribution is 6.05. The minimum absolute atomic E-state index is 0.243. The number of amides is 1. The summed E-state index contributed by atoms with van der Waals surface area (Å²) >= 11 is 0. The van der Waals surface area contributed by atoms with Crippen molar-refractivity contribution in [2.45, 2.75) is 0 Å². The Morgan fingerprint density at radius 1 is 1.19 bits per heavy atom. The maximum atomic E-state index is 11.6. The number of hydrogen-bond acceptors (Lipinski definition) is 2. The third-order valence-corrected chi connectivity index (χ3v) is 2.52. The number of carbonyl (C=O) groups excluding carboxylic acids is 2. The van der Waals surface area contributed by atoms with Gasteiger partial charge in [0.05, 0.1) is 5.56 Å². The van der Waals surface area contributed by atoms with E-state index in [1.807, 2.05) is 24.3 Å². The summed E-state index contributed by atoms with van der Waals surface area (Å²) in [4.78, 5) is 22.5. The molecule has 3 heteroatoms. The smallest absolute Gasteiger partial charge is 0.251 e. The number of fused-ring (bicyclic) bond motifs is 1. The van der Waals surface area contributed by atoms with Crippen molar-refractivity contribution < 1.29 is 9.59 Å². The Balaban J connectivity index is 2.72. The Morgan fingerprint density at radius 3 is 2.38 bits per heavy atom. The van der Waals surface area contributed by atoms with Gasteiger partial charge in [0.2, 0.25) is 0 Å². The first-order chi connectivity index (χ1) is 7.76. The summed E-state index contributed by atoms with van der Waals surface area (Å²) in [5.74, 6) is -0.243. The molecule has 2 rings (SSSR count). The van der Waals surface area contributed by atoms with E-state index >= 15 is 0 Å². The van der Waals surface area contributed by atoms with Crippen molar-refractivity contribution in [3.63, 3.8) is 0 Å². The van der Waals surface area contributed by atoms with E-state index in [9.17, 15) is 9.59 Å². The molecule has 0 aromatic heterocycles. The molecule has 0 aliphatic rings. The van der Waals surface area contributed by atoms with Gasteiger partial charge in [0.1, 0.15) is 0 Å². The maximum absolute atomic E-state index is 11.6. The first kappa shape index (κ1) is 10.4. The van der Waals surface area contributed by atoms with Crippen LogP contribution in [0.15, 0.2) is 36.4 Å². The van der Waals surface area contributed by atoms with E-state index < -0.39 is 0 Å². The summed E-state index contributed by atoms with van der Waals surface area (Å²) in [5.41, 5.74) is 0.828. The second-order valence-corrected chi connectivity index (χ2v) is 3.48. The van der Waals surface area contributed by atoms with Gasteiger partial charge in [0.15, 0.2) is 6.29 Å². The van der Waals surface area contributed by atoms with Crippen LogP contribution in [-0.4, -0.2) is 19.2 Å². The number of nitrogens with one attached hydrogen (secondary N) is 1. The van der Waals surface area contributed by atoms with Crippen molar-refractivity contribution in [2.24, 2.45) is 0 Å². The molecule has 2 aromatic rings. The lowest BCUT2D eigenvalue weighted by Gasteiger charge is -2.05. The van der Waals surface area contributed by atoms with E-state index in [-0.39, 0.29) is 5.91 Å². The minimum atomic E-state index is -0.243. The number of aldehydes is 1. The molecule has 0 bridgehead atoms. The van der Waals surface area contributed by atoms with E-state index in [4.69, 9.17) is 0 Å². The molecule has 0 fully saturated rings. The Bertz CT molecular complexity index is 561. The summed E-state index contributed by atoms with van der Waals surface area (Å²) in [7, 11) is 1.55. The molecule has 0 aliphatic heterocycles. The normalized spacial score (nSPS) is 10.1. The van der Waals surface area contributed by atoms with Gasteiger partial charge in [-0.2, -0.15) is 0 Å². The quantitative estimate of drug-likeness (QED) is 0.776. The SMILES string of the molecule is CNC(=O)c1cc2ccccc2cc1C=O. The number of carbonyl (C=O) groups is 2. The molecule has 0 heterocycles. The topological polar surface area (TPSA) is 46.2 Å². The van der Waals surface area contributed by atoms with Crippen LogP contribution in [0.25, 0.3) is 10.8 Å². The molecule has 0 spiro atoms. The second kappa shape index (κ2) is 4.14. The average molecular weight is 213 g/mol. The molecule has 2 aromatic carbocycles. The van der Waals surface area contributed by atoms with Crippen molar-refractivity contribution in [1.82, 2.24) is 5.32 Å². The summed E-state index contributed by atoms with van der Waals surface area (Å²) in [6, 6.07) is 11.1. The van der Waals surface area contributed by atoms with Gasteiger partial charge in [-0.1, -0.05) is 24.3 Å². The fraction of sp³-hybridized carbons (Fsp3) is 0.0769. The second-order valence-electron chi connectivity index (χ2n) is 3.48. The van der Waals surface area contributed by atoms with Gasteiger partial charge >= 0.3 is 0 Å². The highest BCUT2D eigenvalue weighted by atomic mass is 16.1. The van der Waals surface area contributed by atoms with E-state index in [0.29, 0.717) is 17.4 Å². The van der Waals surface area contributed by atoms with Crippen molar-refractivity contribution in [3.05, 3.63) is 47.5 Å². The van der Waals surface area contributed by atoms with Gasteiger partial charge in [0.25, 0.3) is 5.91 Å². The largest absolute Gasteiger partial charge is 0.355 e.